The molecule has 7 heteroatoms. The van der Waals surface area contributed by atoms with E-state index >= 15 is 0 Å². The SMILES string of the molecule is C[NH+](CC(=O)Nc1ccc(Cl)c(Cl)c1)[C@H](C(=O)NC1CC1)c1ccccc1. The normalized spacial score (nSPS) is 15.7. The lowest BCUT2D eigenvalue weighted by Gasteiger charge is -2.24. The maximum atomic E-state index is 12.8. The fourth-order valence-electron chi connectivity index (χ4n) is 2.95. The summed E-state index contributed by atoms with van der Waals surface area (Å²) in [5.41, 5.74) is 1.45. The second kappa shape index (κ2) is 8.74. The van der Waals surface area contributed by atoms with Crippen LogP contribution in [0.4, 0.5) is 5.69 Å². The molecule has 0 heterocycles. The lowest BCUT2D eigenvalue weighted by atomic mass is 10.0. The van der Waals surface area contributed by atoms with Crippen LogP contribution in [0.15, 0.2) is 48.5 Å². The van der Waals surface area contributed by atoms with Crippen LogP contribution in [0.2, 0.25) is 10.0 Å². The van der Waals surface area contributed by atoms with Crippen LogP contribution >= 0.6 is 23.2 Å². The third kappa shape index (κ3) is 5.45. The second-order valence-corrected chi connectivity index (χ2v) is 7.64. The summed E-state index contributed by atoms with van der Waals surface area (Å²) < 4.78 is 0. The van der Waals surface area contributed by atoms with Gasteiger partial charge in [-0.1, -0.05) is 53.5 Å². The van der Waals surface area contributed by atoms with Crippen LogP contribution in [-0.2, 0) is 9.59 Å². The van der Waals surface area contributed by atoms with E-state index in [1.807, 2.05) is 37.4 Å². The van der Waals surface area contributed by atoms with Crippen LogP contribution in [0.1, 0.15) is 24.4 Å². The van der Waals surface area contributed by atoms with Crippen molar-refractivity contribution in [2.24, 2.45) is 0 Å². The Morgan fingerprint density at radius 2 is 1.81 bits per heavy atom. The predicted octanol–water partition coefficient (Wildman–Crippen LogP) is 2.47. The number of rotatable bonds is 7. The van der Waals surface area contributed by atoms with Gasteiger partial charge in [0.25, 0.3) is 11.8 Å². The third-order valence-electron chi connectivity index (χ3n) is 4.45. The first kappa shape index (κ1) is 19.7. The molecule has 2 amide bonds. The summed E-state index contributed by atoms with van der Waals surface area (Å²) in [6.45, 7) is 0.137. The zero-order valence-electron chi connectivity index (χ0n) is 15.0. The molecule has 0 spiro atoms. The highest BCUT2D eigenvalue weighted by molar-refractivity contribution is 6.42. The number of likely N-dealkylation sites (N-methyl/N-ethyl adjacent to an activating group) is 1. The van der Waals surface area contributed by atoms with Gasteiger partial charge in [0.1, 0.15) is 0 Å². The highest BCUT2D eigenvalue weighted by atomic mass is 35.5. The summed E-state index contributed by atoms with van der Waals surface area (Å²) in [6.07, 6.45) is 2.04. The zero-order valence-corrected chi connectivity index (χ0v) is 16.5. The fourth-order valence-corrected chi connectivity index (χ4v) is 3.25. The van der Waals surface area contributed by atoms with E-state index in [2.05, 4.69) is 10.6 Å². The van der Waals surface area contributed by atoms with E-state index < -0.39 is 6.04 Å². The first-order valence-electron chi connectivity index (χ1n) is 8.86. The Labute approximate surface area is 168 Å². The van der Waals surface area contributed by atoms with E-state index in [9.17, 15) is 9.59 Å². The number of quaternary nitrogens is 1. The Hall–Kier alpha value is -2.08. The van der Waals surface area contributed by atoms with Gasteiger partial charge in [0.05, 0.1) is 17.1 Å². The molecule has 0 aliphatic heterocycles. The van der Waals surface area contributed by atoms with Crippen LogP contribution in [-0.4, -0.2) is 31.4 Å². The molecule has 1 aliphatic carbocycles. The molecule has 3 N–H and O–H groups in total. The lowest BCUT2D eigenvalue weighted by Crippen LogP contribution is -3.11. The summed E-state index contributed by atoms with van der Waals surface area (Å²) >= 11 is 11.9. The standard InChI is InChI=1S/C20H21Cl2N3O2/c1-25(12-18(26)23-15-9-10-16(21)17(22)11-15)19(13-5-3-2-4-6-13)20(27)24-14-7-8-14/h2-6,9-11,14,19H,7-8,12H2,1H3,(H,23,26)(H,24,27)/p+1/t19-/m0/s1. The van der Waals surface area contributed by atoms with Crippen molar-refractivity contribution in [1.29, 1.82) is 0 Å². The molecule has 1 saturated carbocycles. The van der Waals surface area contributed by atoms with E-state index in [-0.39, 0.29) is 24.4 Å². The minimum Gasteiger partial charge on any atom is -0.348 e. The van der Waals surface area contributed by atoms with Crippen LogP contribution in [0.5, 0.6) is 0 Å². The molecule has 0 radical (unpaired) electrons. The summed E-state index contributed by atoms with van der Waals surface area (Å²) in [7, 11) is 1.85. The lowest BCUT2D eigenvalue weighted by molar-refractivity contribution is -0.894. The number of anilines is 1. The number of carbonyl (C=O) groups excluding carboxylic acids is 2. The molecule has 1 unspecified atom stereocenters. The smallest absolute Gasteiger partial charge is 0.283 e. The molecule has 1 aliphatic rings. The number of hydrogen-bond donors (Lipinski definition) is 3. The zero-order chi connectivity index (χ0) is 19.4. The van der Waals surface area contributed by atoms with Crippen molar-refractivity contribution in [3.63, 3.8) is 0 Å². The molecule has 2 aromatic rings. The van der Waals surface area contributed by atoms with Gasteiger partial charge in [-0.05, 0) is 31.0 Å². The summed E-state index contributed by atoms with van der Waals surface area (Å²) in [4.78, 5) is 26.0. The number of carbonyl (C=O) groups is 2. The largest absolute Gasteiger partial charge is 0.348 e. The molecule has 0 aromatic heterocycles. The number of nitrogens with one attached hydrogen (secondary N) is 3. The van der Waals surface area contributed by atoms with Gasteiger partial charge in [0, 0.05) is 17.3 Å². The number of halogens is 2. The second-order valence-electron chi connectivity index (χ2n) is 6.83. The molecule has 2 aromatic carbocycles. The number of benzene rings is 2. The summed E-state index contributed by atoms with van der Waals surface area (Å²) in [5.74, 6) is -0.255. The van der Waals surface area contributed by atoms with Gasteiger partial charge in [-0.2, -0.15) is 0 Å². The molecule has 0 saturated heterocycles. The predicted molar refractivity (Wildman–Crippen MR) is 107 cm³/mol. The Morgan fingerprint density at radius 1 is 1.11 bits per heavy atom. The van der Waals surface area contributed by atoms with Gasteiger partial charge in [0.15, 0.2) is 12.6 Å². The van der Waals surface area contributed by atoms with Gasteiger partial charge in [-0.25, -0.2) is 0 Å². The summed E-state index contributed by atoms with van der Waals surface area (Å²) in [5, 5.41) is 6.66. The van der Waals surface area contributed by atoms with Crippen molar-refractivity contribution in [3.05, 3.63) is 64.1 Å². The quantitative estimate of drug-likeness (QED) is 0.661. The van der Waals surface area contributed by atoms with Crippen LogP contribution < -0.4 is 15.5 Å². The van der Waals surface area contributed by atoms with Crippen molar-refractivity contribution in [3.8, 4) is 0 Å². The molecule has 3 rings (SSSR count). The first-order valence-corrected chi connectivity index (χ1v) is 9.62. The molecule has 27 heavy (non-hydrogen) atoms. The minimum atomic E-state index is -0.452. The molecule has 142 valence electrons. The maximum Gasteiger partial charge on any atom is 0.283 e. The highest BCUT2D eigenvalue weighted by Gasteiger charge is 2.34. The first-order chi connectivity index (χ1) is 12.9. The minimum absolute atomic E-state index is 0.0523. The van der Waals surface area contributed by atoms with E-state index in [0.29, 0.717) is 15.7 Å². The summed E-state index contributed by atoms with van der Waals surface area (Å²) in [6, 6.07) is 14.3. The van der Waals surface area contributed by atoms with Crippen LogP contribution in [0.25, 0.3) is 0 Å². The molecule has 2 atom stereocenters. The van der Waals surface area contributed by atoms with Crippen molar-refractivity contribution in [2.75, 3.05) is 18.9 Å². The van der Waals surface area contributed by atoms with Crippen molar-refractivity contribution < 1.29 is 14.5 Å². The topological polar surface area (TPSA) is 62.6 Å². The van der Waals surface area contributed by atoms with Gasteiger partial charge in [-0.3, -0.25) is 9.59 Å². The van der Waals surface area contributed by atoms with E-state index in [0.717, 1.165) is 23.3 Å². The monoisotopic (exact) mass is 406 g/mol. The van der Waals surface area contributed by atoms with Crippen molar-refractivity contribution in [1.82, 2.24) is 5.32 Å². The Balaban J connectivity index is 1.69. The molecule has 1 fully saturated rings. The van der Waals surface area contributed by atoms with Crippen LogP contribution in [0.3, 0.4) is 0 Å². The third-order valence-corrected chi connectivity index (χ3v) is 5.19. The number of hydrogen-bond acceptors (Lipinski definition) is 2. The molecular weight excluding hydrogens is 385 g/mol. The molecular formula is C20H22Cl2N3O2+. The van der Waals surface area contributed by atoms with Crippen molar-refractivity contribution >= 4 is 40.7 Å². The Kier molecular flexibility index (Phi) is 6.37. The average Bonchev–Trinajstić information content (AvgIpc) is 3.43. The Bertz CT molecular complexity index is 825. The molecule has 5 nitrogen and oxygen atoms in total. The van der Waals surface area contributed by atoms with E-state index in [1.165, 1.54) is 0 Å². The Morgan fingerprint density at radius 3 is 2.44 bits per heavy atom. The van der Waals surface area contributed by atoms with Gasteiger partial charge in [0.2, 0.25) is 0 Å². The maximum absolute atomic E-state index is 12.8. The van der Waals surface area contributed by atoms with Crippen LogP contribution in [0, 0.1) is 0 Å². The van der Waals surface area contributed by atoms with Crippen molar-refractivity contribution in [2.45, 2.75) is 24.9 Å². The van der Waals surface area contributed by atoms with Gasteiger partial charge >= 0.3 is 0 Å². The number of amides is 2. The van der Waals surface area contributed by atoms with E-state index in [4.69, 9.17) is 23.2 Å². The van der Waals surface area contributed by atoms with E-state index in [1.54, 1.807) is 18.2 Å². The molecule has 0 bridgehead atoms. The fraction of sp³-hybridized carbons (Fsp3) is 0.300. The van der Waals surface area contributed by atoms with Gasteiger partial charge < -0.3 is 15.5 Å². The van der Waals surface area contributed by atoms with Gasteiger partial charge in [-0.15, -0.1) is 0 Å². The average molecular weight is 407 g/mol. The highest BCUT2D eigenvalue weighted by Crippen LogP contribution is 2.25.